The van der Waals surface area contributed by atoms with Crippen LogP contribution in [0.25, 0.3) is 0 Å². The number of hydrogen-bond donors (Lipinski definition) is 1. The Morgan fingerprint density at radius 1 is 1.16 bits per heavy atom. The fraction of sp³-hybridized carbons (Fsp3) is 0.292. The van der Waals surface area contributed by atoms with E-state index in [4.69, 9.17) is 0 Å². The minimum Gasteiger partial charge on any atom is -0.325 e. The predicted molar refractivity (Wildman–Crippen MR) is 131 cm³/mol. The molecule has 3 rings (SSSR count). The van der Waals surface area contributed by atoms with Gasteiger partial charge in [-0.3, -0.25) is 4.79 Å². The highest BCUT2D eigenvalue weighted by Gasteiger charge is 2.22. The number of anilines is 1. The average molecular weight is 453 g/mol. The van der Waals surface area contributed by atoms with Crippen molar-refractivity contribution in [2.24, 2.45) is 0 Å². The van der Waals surface area contributed by atoms with Gasteiger partial charge in [0, 0.05) is 17.1 Å². The zero-order valence-electron chi connectivity index (χ0n) is 18.2. The molecule has 5 nitrogen and oxygen atoms in total. The van der Waals surface area contributed by atoms with Gasteiger partial charge in [0.2, 0.25) is 5.91 Å². The Balaban J connectivity index is 1.72. The molecule has 2 aromatic carbocycles. The van der Waals surface area contributed by atoms with E-state index in [-0.39, 0.29) is 11.2 Å². The number of carbonyl (C=O) groups is 1. The van der Waals surface area contributed by atoms with Crippen LogP contribution >= 0.6 is 23.5 Å². The van der Waals surface area contributed by atoms with Gasteiger partial charge in [-0.1, -0.05) is 49.0 Å². The summed E-state index contributed by atoms with van der Waals surface area (Å²) in [5.74, 6) is 1.56. The summed E-state index contributed by atoms with van der Waals surface area (Å²) in [6, 6.07) is 16.3. The fourth-order valence-corrected chi connectivity index (χ4v) is 5.05. The Morgan fingerprint density at radius 3 is 2.52 bits per heavy atom. The van der Waals surface area contributed by atoms with Gasteiger partial charge in [-0.25, -0.2) is 0 Å². The van der Waals surface area contributed by atoms with Gasteiger partial charge in [-0.05, 0) is 55.7 Å². The number of nitrogens with zero attached hydrogens (tertiary/aromatic N) is 3. The second-order valence-electron chi connectivity index (χ2n) is 7.28. The van der Waals surface area contributed by atoms with Gasteiger partial charge < -0.3 is 9.88 Å². The van der Waals surface area contributed by atoms with E-state index >= 15 is 0 Å². The monoisotopic (exact) mass is 452 g/mol. The molecule has 3 aromatic rings. The van der Waals surface area contributed by atoms with Crippen molar-refractivity contribution < 1.29 is 4.79 Å². The van der Waals surface area contributed by atoms with Gasteiger partial charge in [-0.15, -0.1) is 28.5 Å². The minimum atomic E-state index is -0.261. The summed E-state index contributed by atoms with van der Waals surface area (Å²) < 4.78 is 2.04. The van der Waals surface area contributed by atoms with Crippen LogP contribution in [-0.2, 0) is 17.1 Å². The number of aryl methyl sites for hydroxylation is 2. The third kappa shape index (κ3) is 6.48. The van der Waals surface area contributed by atoms with Crippen LogP contribution in [0.2, 0.25) is 0 Å². The summed E-state index contributed by atoms with van der Waals surface area (Å²) in [5, 5.41) is 12.3. The molecule has 0 aliphatic carbocycles. The molecule has 162 valence electrons. The number of allylic oxidation sites excluding steroid dienone is 1. The van der Waals surface area contributed by atoms with Crippen LogP contribution in [0, 0.1) is 13.8 Å². The lowest BCUT2D eigenvalue weighted by Gasteiger charge is -2.16. The second kappa shape index (κ2) is 11.2. The molecule has 7 heteroatoms. The third-order valence-corrected chi connectivity index (χ3v) is 6.97. The van der Waals surface area contributed by atoms with Gasteiger partial charge in [0.15, 0.2) is 5.16 Å². The maximum Gasteiger partial charge on any atom is 0.237 e. The molecule has 0 bridgehead atoms. The molecule has 0 aliphatic heterocycles. The number of amides is 1. The first-order chi connectivity index (χ1) is 15.0. The molecule has 1 amide bonds. The van der Waals surface area contributed by atoms with E-state index in [1.807, 2.05) is 61.7 Å². The lowest BCUT2D eigenvalue weighted by Crippen LogP contribution is -2.25. The number of thioether (sulfide) groups is 2. The number of rotatable bonds is 10. The maximum atomic E-state index is 12.9. The average Bonchev–Trinajstić information content (AvgIpc) is 3.12. The van der Waals surface area contributed by atoms with Gasteiger partial charge >= 0.3 is 0 Å². The number of benzene rings is 2. The van der Waals surface area contributed by atoms with Crippen molar-refractivity contribution in [3.63, 3.8) is 0 Å². The number of hydrogen-bond acceptors (Lipinski definition) is 5. The highest BCUT2D eigenvalue weighted by Crippen LogP contribution is 2.28. The molecule has 1 heterocycles. The second-order valence-corrected chi connectivity index (χ2v) is 9.50. The Labute approximate surface area is 192 Å². The van der Waals surface area contributed by atoms with Crippen LogP contribution in [0.1, 0.15) is 30.3 Å². The SMILES string of the molecule is C=CCn1c(CSc2ccccc2)nnc1SC(CC)C(=O)Nc1cc(C)cc(C)c1. The maximum absolute atomic E-state index is 12.9. The third-order valence-electron chi connectivity index (χ3n) is 4.62. The summed E-state index contributed by atoms with van der Waals surface area (Å²) in [6.45, 7) is 10.5. The fourth-order valence-electron chi connectivity index (χ4n) is 3.21. The highest BCUT2D eigenvalue weighted by atomic mass is 32.2. The molecule has 1 atom stereocenters. The smallest absolute Gasteiger partial charge is 0.237 e. The van der Waals surface area contributed by atoms with E-state index in [9.17, 15) is 4.79 Å². The van der Waals surface area contributed by atoms with E-state index in [2.05, 4.69) is 40.3 Å². The summed E-state index contributed by atoms with van der Waals surface area (Å²) in [7, 11) is 0. The molecule has 0 aliphatic rings. The van der Waals surface area contributed by atoms with Crippen molar-refractivity contribution in [1.29, 1.82) is 0 Å². The van der Waals surface area contributed by atoms with Crippen molar-refractivity contribution in [1.82, 2.24) is 14.8 Å². The first-order valence-electron chi connectivity index (χ1n) is 10.3. The number of carbonyl (C=O) groups excluding carboxylic acids is 1. The molecule has 1 unspecified atom stereocenters. The Hall–Kier alpha value is -2.51. The summed E-state index contributed by atoms with van der Waals surface area (Å²) in [5.41, 5.74) is 3.08. The number of nitrogens with one attached hydrogen (secondary N) is 1. The van der Waals surface area contributed by atoms with Crippen molar-refractivity contribution in [2.75, 3.05) is 5.32 Å². The molecule has 0 spiro atoms. The lowest BCUT2D eigenvalue weighted by molar-refractivity contribution is -0.115. The molecule has 0 saturated carbocycles. The van der Waals surface area contributed by atoms with E-state index in [0.717, 1.165) is 27.8 Å². The molecular formula is C24H28N4OS2. The van der Waals surface area contributed by atoms with Crippen molar-refractivity contribution in [3.05, 3.63) is 78.1 Å². The normalized spacial score (nSPS) is 11.8. The largest absolute Gasteiger partial charge is 0.325 e. The molecule has 0 fully saturated rings. The molecule has 0 radical (unpaired) electrons. The van der Waals surface area contributed by atoms with Crippen molar-refractivity contribution in [3.8, 4) is 0 Å². The quantitative estimate of drug-likeness (QED) is 0.307. The first kappa shape index (κ1) is 23.2. The molecule has 31 heavy (non-hydrogen) atoms. The van der Waals surface area contributed by atoms with Crippen LogP contribution in [0.5, 0.6) is 0 Å². The predicted octanol–water partition coefficient (Wildman–Crippen LogP) is 5.88. The van der Waals surface area contributed by atoms with Crippen LogP contribution in [-0.4, -0.2) is 25.9 Å². The Morgan fingerprint density at radius 2 is 1.87 bits per heavy atom. The van der Waals surface area contributed by atoms with E-state index in [1.54, 1.807) is 11.8 Å². The Bertz CT molecular complexity index is 1010. The van der Waals surface area contributed by atoms with E-state index in [1.165, 1.54) is 16.7 Å². The van der Waals surface area contributed by atoms with Crippen LogP contribution in [0.4, 0.5) is 5.69 Å². The Kier molecular flexibility index (Phi) is 8.37. The summed E-state index contributed by atoms with van der Waals surface area (Å²) in [6.07, 6.45) is 2.52. The molecule has 0 saturated heterocycles. The zero-order chi connectivity index (χ0) is 22.2. The molecule has 1 aromatic heterocycles. The van der Waals surface area contributed by atoms with E-state index < -0.39 is 0 Å². The van der Waals surface area contributed by atoms with Gasteiger partial charge in [-0.2, -0.15) is 0 Å². The van der Waals surface area contributed by atoms with Gasteiger partial charge in [0.05, 0.1) is 11.0 Å². The first-order valence-corrected chi connectivity index (χ1v) is 12.1. The highest BCUT2D eigenvalue weighted by molar-refractivity contribution is 8.00. The lowest BCUT2D eigenvalue weighted by atomic mass is 10.1. The van der Waals surface area contributed by atoms with Crippen molar-refractivity contribution in [2.45, 2.75) is 54.8 Å². The van der Waals surface area contributed by atoms with Crippen LogP contribution in [0.15, 0.2) is 71.2 Å². The van der Waals surface area contributed by atoms with E-state index in [0.29, 0.717) is 18.7 Å². The number of aromatic nitrogens is 3. The topological polar surface area (TPSA) is 59.8 Å². The molecular weight excluding hydrogens is 424 g/mol. The minimum absolute atomic E-state index is 0.0223. The van der Waals surface area contributed by atoms with Gasteiger partial charge in [0.25, 0.3) is 0 Å². The zero-order valence-corrected chi connectivity index (χ0v) is 19.8. The standard InChI is InChI=1S/C24H28N4OS2/c1-5-12-28-22(16-30-20-10-8-7-9-11-20)26-27-24(28)31-21(6-2)23(29)25-19-14-17(3)13-18(4)15-19/h5,7-11,13-15,21H,1,6,12,16H2,2-4H3,(H,25,29). The van der Waals surface area contributed by atoms with Crippen LogP contribution < -0.4 is 5.32 Å². The van der Waals surface area contributed by atoms with Crippen molar-refractivity contribution >= 4 is 35.1 Å². The van der Waals surface area contributed by atoms with Gasteiger partial charge in [0.1, 0.15) is 5.82 Å². The summed E-state index contributed by atoms with van der Waals surface area (Å²) >= 11 is 3.17. The van der Waals surface area contributed by atoms with Crippen LogP contribution in [0.3, 0.4) is 0 Å². The molecule has 1 N–H and O–H groups in total. The summed E-state index contributed by atoms with van der Waals surface area (Å²) in [4.78, 5) is 14.1.